The van der Waals surface area contributed by atoms with E-state index in [9.17, 15) is 4.79 Å². The number of benzene rings is 2. The smallest absolute Gasteiger partial charge is 0.268 e. The van der Waals surface area contributed by atoms with Crippen LogP contribution in [0.25, 0.3) is 0 Å². The summed E-state index contributed by atoms with van der Waals surface area (Å²) in [6.45, 7) is 9.60. The SMILES string of the molecule is CC(=CC/C=C/OCc1ccccc1)/C=C(\C)OC(C(=O)N1CC(C)OC(C)C1)c1ccccc1. The van der Waals surface area contributed by atoms with E-state index in [0.717, 1.165) is 23.1 Å². The number of hydrogen-bond donors (Lipinski definition) is 0. The largest absolute Gasteiger partial charge is 0.497 e. The zero-order valence-corrected chi connectivity index (χ0v) is 21.2. The molecule has 0 radical (unpaired) electrons. The molecule has 0 aliphatic carbocycles. The molecule has 2 aromatic rings. The molecule has 1 amide bonds. The van der Waals surface area contributed by atoms with E-state index in [2.05, 4.69) is 6.08 Å². The first kappa shape index (κ1) is 26.3. The number of allylic oxidation sites excluding steroid dienone is 5. The lowest BCUT2D eigenvalue weighted by molar-refractivity contribution is -0.153. The lowest BCUT2D eigenvalue weighted by Crippen LogP contribution is -2.49. The molecule has 0 spiro atoms. The predicted octanol–water partition coefficient (Wildman–Crippen LogP) is 6.35. The molecule has 3 atom stereocenters. The van der Waals surface area contributed by atoms with Crippen LogP contribution in [0.3, 0.4) is 0 Å². The number of morpholine rings is 1. The molecular weight excluding hydrogens is 438 g/mol. The molecular formula is C30H37NO4. The first-order valence-electron chi connectivity index (χ1n) is 12.2. The third-order valence-electron chi connectivity index (χ3n) is 5.65. The van der Waals surface area contributed by atoms with E-state index in [0.29, 0.717) is 25.5 Å². The molecule has 5 heteroatoms. The first-order valence-corrected chi connectivity index (χ1v) is 12.2. The maximum absolute atomic E-state index is 13.5. The Morgan fingerprint density at radius 1 is 1.03 bits per heavy atom. The summed E-state index contributed by atoms with van der Waals surface area (Å²) in [6, 6.07) is 19.8. The molecule has 1 aliphatic heterocycles. The summed E-state index contributed by atoms with van der Waals surface area (Å²) in [5, 5.41) is 0. The van der Waals surface area contributed by atoms with Crippen LogP contribution in [0, 0.1) is 0 Å². The van der Waals surface area contributed by atoms with Crippen LogP contribution >= 0.6 is 0 Å². The number of hydrogen-bond acceptors (Lipinski definition) is 4. The van der Waals surface area contributed by atoms with Crippen molar-refractivity contribution in [2.45, 2.75) is 59.0 Å². The van der Waals surface area contributed by atoms with Gasteiger partial charge in [0, 0.05) is 18.7 Å². The van der Waals surface area contributed by atoms with Gasteiger partial charge in [0.1, 0.15) is 6.61 Å². The Balaban J connectivity index is 1.59. The average Bonchev–Trinajstić information content (AvgIpc) is 2.85. The van der Waals surface area contributed by atoms with Crippen LogP contribution in [0.2, 0.25) is 0 Å². The van der Waals surface area contributed by atoms with E-state index in [4.69, 9.17) is 14.2 Å². The quantitative estimate of drug-likeness (QED) is 0.297. The Labute approximate surface area is 209 Å². The standard InChI is InChI=1S/C30H37NO4/c1-23(13-11-12-18-33-22-27-14-7-5-8-15-27)19-24(2)35-29(28-16-9-6-10-17-28)30(32)31-20-25(3)34-26(4)21-31/h5-10,12-19,25-26,29H,11,20-22H2,1-4H3/b18-12+,23-13?,24-19+. The Hall–Kier alpha value is -3.31. The zero-order valence-electron chi connectivity index (χ0n) is 21.2. The Kier molecular flexibility index (Phi) is 10.2. The van der Waals surface area contributed by atoms with Crippen LogP contribution in [-0.4, -0.2) is 36.1 Å². The highest BCUT2D eigenvalue weighted by atomic mass is 16.5. The lowest BCUT2D eigenvalue weighted by atomic mass is 10.1. The summed E-state index contributed by atoms with van der Waals surface area (Å²) < 4.78 is 17.6. The van der Waals surface area contributed by atoms with Crippen molar-refractivity contribution in [3.05, 3.63) is 108 Å². The van der Waals surface area contributed by atoms with Crippen molar-refractivity contribution < 1.29 is 19.0 Å². The van der Waals surface area contributed by atoms with Gasteiger partial charge in [-0.3, -0.25) is 4.79 Å². The molecule has 1 aliphatic rings. The molecule has 186 valence electrons. The van der Waals surface area contributed by atoms with Gasteiger partial charge < -0.3 is 19.1 Å². The highest BCUT2D eigenvalue weighted by Crippen LogP contribution is 2.25. The third-order valence-corrected chi connectivity index (χ3v) is 5.65. The van der Waals surface area contributed by atoms with Gasteiger partial charge in [-0.15, -0.1) is 0 Å². The minimum absolute atomic E-state index is 0.00525. The summed E-state index contributed by atoms with van der Waals surface area (Å²) in [4.78, 5) is 15.3. The number of ether oxygens (including phenoxy) is 3. The van der Waals surface area contributed by atoms with E-state index in [-0.39, 0.29) is 18.1 Å². The van der Waals surface area contributed by atoms with E-state index < -0.39 is 6.10 Å². The number of carbonyl (C=O) groups is 1. The monoisotopic (exact) mass is 475 g/mol. The molecule has 2 aromatic carbocycles. The fraction of sp³-hybridized carbons (Fsp3) is 0.367. The average molecular weight is 476 g/mol. The van der Waals surface area contributed by atoms with Crippen molar-refractivity contribution in [2.24, 2.45) is 0 Å². The second-order valence-electron chi connectivity index (χ2n) is 9.02. The molecule has 1 heterocycles. The highest BCUT2D eigenvalue weighted by molar-refractivity contribution is 5.82. The normalized spacial score (nSPS) is 20.1. The Morgan fingerprint density at radius 3 is 2.31 bits per heavy atom. The molecule has 0 aromatic heterocycles. The maximum atomic E-state index is 13.5. The van der Waals surface area contributed by atoms with Crippen LogP contribution < -0.4 is 0 Å². The van der Waals surface area contributed by atoms with Crippen molar-refractivity contribution in [1.82, 2.24) is 4.90 Å². The van der Waals surface area contributed by atoms with Gasteiger partial charge in [0.25, 0.3) is 5.91 Å². The fourth-order valence-corrected chi connectivity index (χ4v) is 4.11. The van der Waals surface area contributed by atoms with E-state index >= 15 is 0 Å². The fourth-order valence-electron chi connectivity index (χ4n) is 4.11. The van der Waals surface area contributed by atoms with Gasteiger partial charge >= 0.3 is 0 Å². The summed E-state index contributed by atoms with van der Waals surface area (Å²) >= 11 is 0. The number of amides is 1. The predicted molar refractivity (Wildman–Crippen MR) is 139 cm³/mol. The zero-order chi connectivity index (χ0) is 25.0. The topological polar surface area (TPSA) is 48.0 Å². The molecule has 3 rings (SSSR count). The van der Waals surface area contributed by atoms with Gasteiger partial charge in [0.15, 0.2) is 0 Å². The third kappa shape index (κ3) is 8.76. The van der Waals surface area contributed by atoms with Crippen molar-refractivity contribution in [3.8, 4) is 0 Å². The second kappa shape index (κ2) is 13.5. The first-order chi connectivity index (χ1) is 16.9. The number of nitrogens with zero attached hydrogens (tertiary/aromatic N) is 1. The van der Waals surface area contributed by atoms with E-state index in [1.54, 1.807) is 6.26 Å². The van der Waals surface area contributed by atoms with Gasteiger partial charge in [0.2, 0.25) is 6.10 Å². The minimum Gasteiger partial charge on any atom is -0.497 e. The Morgan fingerprint density at radius 2 is 1.66 bits per heavy atom. The molecule has 35 heavy (non-hydrogen) atoms. The van der Waals surface area contributed by atoms with Crippen LogP contribution in [0.4, 0.5) is 0 Å². The molecule has 0 saturated carbocycles. The molecule has 1 saturated heterocycles. The van der Waals surface area contributed by atoms with Crippen molar-refractivity contribution in [1.29, 1.82) is 0 Å². The van der Waals surface area contributed by atoms with Crippen LogP contribution in [0.5, 0.6) is 0 Å². The molecule has 0 N–H and O–H groups in total. The van der Waals surface area contributed by atoms with Gasteiger partial charge in [-0.1, -0.05) is 72.3 Å². The van der Waals surface area contributed by atoms with E-state index in [1.807, 2.05) is 105 Å². The molecule has 5 nitrogen and oxygen atoms in total. The van der Waals surface area contributed by atoms with Crippen LogP contribution in [-0.2, 0) is 25.6 Å². The summed E-state index contributed by atoms with van der Waals surface area (Å²) in [7, 11) is 0. The van der Waals surface area contributed by atoms with Gasteiger partial charge in [-0.05, 0) is 51.8 Å². The summed E-state index contributed by atoms with van der Waals surface area (Å²) in [6.07, 6.45) is 7.84. The summed E-state index contributed by atoms with van der Waals surface area (Å²) in [5.41, 5.74) is 3.04. The van der Waals surface area contributed by atoms with Gasteiger partial charge in [-0.25, -0.2) is 0 Å². The van der Waals surface area contributed by atoms with Crippen molar-refractivity contribution in [2.75, 3.05) is 13.1 Å². The highest BCUT2D eigenvalue weighted by Gasteiger charge is 2.32. The molecule has 1 fully saturated rings. The Bertz CT molecular complexity index is 1000. The van der Waals surface area contributed by atoms with E-state index in [1.165, 1.54) is 0 Å². The maximum Gasteiger partial charge on any atom is 0.268 e. The van der Waals surface area contributed by atoms with Crippen molar-refractivity contribution in [3.63, 3.8) is 0 Å². The van der Waals surface area contributed by atoms with Crippen LogP contribution in [0.1, 0.15) is 51.3 Å². The summed E-state index contributed by atoms with van der Waals surface area (Å²) in [5.74, 6) is 0.658. The second-order valence-corrected chi connectivity index (χ2v) is 9.02. The van der Waals surface area contributed by atoms with Gasteiger partial charge in [0.05, 0.1) is 24.2 Å². The van der Waals surface area contributed by atoms with Crippen LogP contribution in [0.15, 0.2) is 96.5 Å². The van der Waals surface area contributed by atoms with Gasteiger partial charge in [-0.2, -0.15) is 0 Å². The molecule has 0 bridgehead atoms. The number of rotatable bonds is 10. The molecule has 3 unspecified atom stereocenters. The lowest BCUT2D eigenvalue weighted by Gasteiger charge is -2.37. The minimum atomic E-state index is -0.691. The number of carbonyl (C=O) groups excluding carboxylic acids is 1. The van der Waals surface area contributed by atoms with Crippen molar-refractivity contribution >= 4 is 5.91 Å².